The third-order valence-electron chi connectivity index (χ3n) is 5.47. The average molecular weight is 481 g/mol. The number of aryl methyl sites for hydroxylation is 1. The molecule has 33 heavy (non-hydrogen) atoms. The van der Waals surface area contributed by atoms with Gasteiger partial charge in [-0.3, -0.25) is 14.5 Å². The molecule has 2 aromatic carbocycles. The molecule has 2 aromatic heterocycles. The molecule has 4 aromatic rings. The molecule has 1 amide bonds. The highest BCUT2D eigenvalue weighted by Crippen LogP contribution is 2.45. The molecule has 1 aliphatic heterocycles. The number of amides is 1. The van der Waals surface area contributed by atoms with Gasteiger partial charge in [0.05, 0.1) is 22.9 Å². The number of aliphatic hydroxyl groups is 1. The number of anilines is 1. The van der Waals surface area contributed by atoms with Crippen molar-refractivity contribution in [2.45, 2.75) is 13.0 Å². The van der Waals surface area contributed by atoms with Crippen molar-refractivity contribution >= 4 is 55.5 Å². The maximum Gasteiger partial charge on any atom is 0.301 e. The number of benzene rings is 2. The van der Waals surface area contributed by atoms with Crippen molar-refractivity contribution in [1.29, 1.82) is 0 Å². The van der Waals surface area contributed by atoms with E-state index in [4.69, 9.17) is 4.74 Å². The number of methoxy groups -OCH3 is 1. The lowest BCUT2D eigenvalue weighted by Crippen LogP contribution is -2.28. The van der Waals surface area contributed by atoms with E-state index in [1.54, 1.807) is 13.2 Å². The number of aromatic nitrogens is 1. The molecule has 0 saturated carbocycles. The summed E-state index contributed by atoms with van der Waals surface area (Å²) in [7, 11) is 1.58. The van der Waals surface area contributed by atoms with Gasteiger partial charge >= 0.3 is 5.91 Å². The van der Waals surface area contributed by atoms with Crippen molar-refractivity contribution in [1.82, 2.24) is 4.98 Å². The molecule has 9 heteroatoms. The molecule has 1 aliphatic rings. The van der Waals surface area contributed by atoms with Gasteiger partial charge < -0.3 is 9.84 Å². The topological polar surface area (TPSA) is 79.7 Å². The van der Waals surface area contributed by atoms with E-state index in [1.165, 1.54) is 51.8 Å². The number of aliphatic hydroxyl groups excluding tert-OH is 1. The van der Waals surface area contributed by atoms with Gasteiger partial charge in [-0.1, -0.05) is 17.4 Å². The first-order valence-corrected chi connectivity index (χ1v) is 11.6. The van der Waals surface area contributed by atoms with Crippen molar-refractivity contribution in [2.24, 2.45) is 0 Å². The molecule has 3 heterocycles. The van der Waals surface area contributed by atoms with Crippen LogP contribution in [0.2, 0.25) is 0 Å². The van der Waals surface area contributed by atoms with Gasteiger partial charge in [0, 0.05) is 10.4 Å². The molecule has 1 fully saturated rings. The number of rotatable bonds is 4. The van der Waals surface area contributed by atoms with E-state index < -0.39 is 23.5 Å². The first-order chi connectivity index (χ1) is 15.9. The number of hydrogen-bond acceptors (Lipinski definition) is 7. The molecule has 0 aliphatic carbocycles. The van der Waals surface area contributed by atoms with Crippen molar-refractivity contribution in [3.05, 3.63) is 81.3 Å². The highest BCUT2D eigenvalue weighted by molar-refractivity contribution is 7.22. The minimum atomic E-state index is -0.849. The van der Waals surface area contributed by atoms with E-state index in [-0.39, 0.29) is 16.9 Å². The molecule has 0 radical (unpaired) electrons. The lowest BCUT2D eigenvalue weighted by atomic mass is 10.00. The van der Waals surface area contributed by atoms with Gasteiger partial charge in [-0.05, 0) is 60.3 Å². The SMILES string of the molecule is COc1cc2sc(N3C(=O)C(=O)/C(=C(/O)c4ccc(F)cc4)C3c3cccs3)nc2cc1C. The van der Waals surface area contributed by atoms with E-state index in [0.717, 1.165) is 10.3 Å². The van der Waals surface area contributed by atoms with Crippen molar-refractivity contribution in [3.63, 3.8) is 0 Å². The summed E-state index contributed by atoms with van der Waals surface area (Å²) in [6, 6.07) is 11.6. The zero-order valence-corrected chi connectivity index (χ0v) is 19.2. The molecule has 166 valence electrons. The maximum absolute atomic E-state index is 13.4. The van der Waals surface area contributed by atoms with Crippen LogP contribution in [-0.2, 0) is 9.59 Å². The number of halogens is 1. The molecule has 1 atom stereocenters. The first kappa shape index (κ1) is 21.3. The Kier molecular flexibility index (Phi) is 5.22. The fraction of sp³-hybridized carbons (Fsp3) is 0.125. The summed E-state index contributed by atoms with van der Waals surface area (Å²) in [5, 5.41) is 13.2. The summed E-state index contributed by atoms with van der Waals surface area (Å²) in [5.41, 5.74) is 1.77. The van der Waals surface area contributed by atoms with Crippen LogP contribution in [0.3, 0.4) is 0 Å². The van der Waals surface area contributed by atoms with Gasteiger partial charge in [-0.25, -0.2) is 9.37 Å². The molecular formula is C24H17FN2O4S2. The standard InChI is InChI=1S/C24H17FN2O4S2/c1-12-10-15-18(11-16(12)31-2)33-24(26-15)27-20(17-4-3-9-32-17)19(22(29)23(27)30)21(28)13-5-7-14(25)8-6-13/h3-11,20,28H,1-2H3/b21-19+. The smallest absolute Gasteiger partial charge is 0.301 e. The minimum Gasteiger partial charge on any atom is -0.507 e. The van der Waals surface area contributed by atoms with E-state index in [0.29, 0.717) is 21.3 Å². The zero-order chi connectivity index (χ0) is 23.3. The van der Waals surface area contributed by atoms with Crippen LogP contribution in [-0.4, -0.2) is 28.9 Å². The largest absolute Gasteiger partial charge is 0.507 e. The first-order valence-electron chi connectivity index (χ1n) is 9.94. The van der Waals surface area contributed by atoms with Crippen LogP contribution in [0, 0.1) is 12.7 Å². The second-order valence-corrected chi connectivity index (χ2v) is 9.47. The predicted octanol–water partition coefficient (Wildman–Crippen LogP) is 5.44. The minimum absolute atomic E-state index is 0.0536. The van der Waals surface area contributed by atoms with E-state index in [1.807, 2.05) is 30.5 Å². The number of carbonyl (C=O) groups is 2. The second kappa shape index (κ2) is 8.09. The summed E-state index contributed by atoms with van der Waals surface area (Å²) < 4.78 is 19.6. The Morgan fingerprint density at radius 1 is 1.18 bits per heavy atom. The van der Waals surface area contributed by atoms with E-state index in [9.17, 15) is 19.1 Å². The zero-order valence-electron chi connectivity index (χ0n) is 17.5. The number of nitrogens with zero attached hydrogens (tertiary/aromatic N) is 2. The van der Waals surface area contributed by atoms with E-state index in [2.05, 4.69) is 4.98 Å². The summed E-state index contributed by atoms with van der Waals surface area (Å²) >= 11 is 2.63. The highest BCUT2D eigenvalue weighted by atomic mass is 32.1. The van der Waals surface area contributed by atoms with Crippen LogP contribution in [0.15, 0.2) is 59.5 Å². The summed E-state index contributed by atoms with van der Waals surface area (Å²) in [5.74, 6) is -1.72. The number of hydrogen-bond donors (Lipinski definition) is 1. The van der Waals surface area contributed by atoms with Crippen molar-refractivity contribution < 1.29 is 23.8 Å². The Labute approximate surface area is 196 Å². The van der Waals surface area contributed by atoms with Gasteiger partial charge in [0.25, 0.3) is 5.78 Å². The van der Waals surface area contributed by atoms with E-state index >= 15 is 0 Å². The summed E-state index contributed by atoms with van der Waals surface area (Å²) in [6.45, 7) is 1.90. The fourth-order valence-electron chi connectivity index (χ4n) is 3.88. The van der Waals surface area contributed by atoms with Crippen LogP contribution < -0.4 is 9.64 Å². The lowest BCUT2D eigenvalue weighted by Gasteiger charge is -2.21. The molecule has 6 nitrogen and oxygen atoms in total. The van der Waals surface area contributed by atoms with Gasteiger partial charge in [0.15, 0.2) is 5.13 Å². The number of thiazole rings is 1. The molecule has 1 unspecified atom stereocenters. The normalized spacial score (nSPS) is 17.8. The number of Topliss-reactive ketones (excluding diaryl/α,β-unsaturated/α-hetero) is 1. The van der Waals surface area contributed by atoms with Crippen LogP contribution in [0.1, 0.15) is 22.0 Å². The Morgan fingerprint density at radius 2 is 1.94 bits per heavy atom. The van der Waals surface area contributed by atoms with Gasteiger partial charge in [-0.15, -0.1) is 11.3 Å². The third-order valence-corrected chi connectivity index (χ3v) is 7.42. The molecule has 0 bridgehead atoms. The maximum atomic E-state index is 13.4. The third kappa shape index (κ3) is 3.49. The summed E-state index contributed by atoms with van der Waals surface area (Å²) in [6.07, 6.45) is 0. The Hall–Kier alpha value is -3.56. The molecule has 0 spiro atoms. The predicted molar refractivity (Wildman–Crippen MR) is 126 cm³/mol. The van der Waals surface area contributed by atoms with Crippen LogP contribution in [0.5, 0.6) is 5.75 Å². The fourth-order valence-corrected chi connectivity index (χ4v) is 5.71. The molecule has 5 rings (SSSR count). The number of fused-ring (bicyclic) bond motifs is 1. The Balaban J connectivity index is 1.70. The number of ether oxygens (including phenoxy) is 1. The monoisotopic (exact) mass is 480 g/mol. The Morgan fingerprint density at radius 3 is 2.61 bits per heavy atom. The van der Waals surface area contributed by atoms with Crippen LogP contribution in [0.4, 0.5) is 9.52 Å². The van der Waals surface area contributed by atoms with Crippen LogP contribution >= 0.6 is 22.7 Å². The number of carbonyl (C=O) groups excluding carboxylic acids is 2. The Bertz CT molecular complexity index is 1420. The molecule has 1 N–H and O–H groups in total. The average Bonchev–Trinajstić information content (AvgIpc) is 3.52. The van der Waals surface area contributed by atoms with Gasteiger partial charge in [0.2, 0.25) is 0 Å². The van der Waals surface area contributed by atoms with Crippen molar-refractivity contribution in [3.8, 4) is 5.75 Å². The van der Waals surface area contributed by atoms with Gasteiger partial charge in [0.1, 0.15) is 23.4 Å². The highest BCUT2D eigenvalue weighted by Gasteiger charge is 2.48. The molecular weight excluding hydrogens is 463 g/mol. The molecule has 1 saturated heterocycles. The van der Waals surface area contributed by atoms with Gasteiger partial charge in [-0.2, -0.15) is 0 Å². The number of ketones is 1. The second-order valence-electron chi connectivity index (χ2n) is 7.48. The quantitative estimate of drug-likeness (QED) is 0.239. The number of thiophene rings is 1. The van der Waals surface area contributed by atoms with Crippen molar-refractivity contribution in [2.75, 3.05) is 12.0 Å². The summed E-state index contributed by atoms with van der Waals surface area (Å²) in [4.78, 5) is 33.0. The lowest BCUT2D eigenvalue weighted by molar-refractivity contribution is -0.132. The van der Waals surface area contributed by atoms with Crippen LogP contribution in [0.25, 0.3) is 16.0 Å².